The van der Waals surface area contributed by atoms with E-state index in [2.05, 4.69) is 27.2 Å². The highest BCUT2D eigenvalue weighted by Gasteiger charge is 2.37. The molecule has 0 unspecified atom stereocenters. The van der Waals surface area contributed by atoms with Crippen LogP contribution in [0.5, 0.6) is 5.75 Å². The Kier molecular flexibility index (Phi) is 6.30. The normalized spacial score (nSPS) is 24.3. The summed E-state index contributed by atoms with van der Waals surface area (Å²) in [5, 5.41) is 8.23. The van der Waals surface area contributed by atoms with Crippen LogP contribution in [0.25, 0.3) is 5.69 Å². The SMILES string of the molecule is COc1cccc(-n2nc(C)cc2N2CCN([C@@H]3CN[C@H](C(=O)N4CCSC4)C3)CC2)c1. The average molecular weight is 457 g/mol. The smallest absolute Gasteiger partial charge is 0.240 e. The summed E-state index contributed by atoms with van der Waals surface area (Å²) in [6, 6.07) is 10.6. The van der Waals surface area contributed by atoms with Crippen LogP contribution in [0, 0.1) is 6.92 Å². The number of ether oxygens (including phenoxy) is 1. The molecule has 1 amide bonds. The lowest BCUT2D eigenvalue weighted by Gasteiger charge is -2.38. The second-order valence-electron chi connectivity index (χ2n) is 8.77. The number of aromatic nitrogens is 2. The summed E-state index contributed by atoms with van der Waals surface area (Å²) in [6.07, 6.45) is 0.918. The van der Waals surface area contributed by atoms with Gasteiger partial charge in [-0.05, 0) is 25.5 Å². The molecule has 9 heteroatoms. The fourth-order valence-electron chi connectivity index (χ4n) is 4.95. The first-order chi connectivity index (χ1) is 15.6. The summed E-state index contributed by atoms with van der Waals surface area (Å²) in [5.41, 5.74) is 2.02. The standard InChI is InChI=1S/C23H32N6O2S/c1-17-12-22(29(25-17)18-4-3-5-20(13-18)31-2)27-8-6-26(7-9-27)19-14-21(24-15-19)23(30)28-10-11-32-16-28/h3-5,12-13,19,21,24H,6-11,14-16H2,1-2H3/t19-,21-/m0/s1. The Labute approximate surface area is 193 Å². The molecule has 3 saturated heterocycles. The van der Waals surface area contributed by atoms with Crippen LogP contribution >= 0.6 is 11.8 Å². The van der Waals surface area contributed by atoms with Crippen LogP contribution in [0.2, 0.25) is 0 Å². The first-order valence-electron chi connectivity index (χ1n) is 11.4. The molecular weight excluding hydrogens is 424 g/mol. The van der Waals surface area contributed by atoms with Crippen molar-refractivity contribution in [1.82, 2.24) is 24.9 Å². The van der Waals surface area contributed by atoms with E-state index in [1.165, 1.54) is 0 Å². The van der Waals surface area contributed by atoms with E-state index >= 15 is 0 Å². The first-order valence-corrected chi connectivity index (χ1v) is 12.6. The van der Waals surface area contributed by atoms with Crippen molar-refractivity contribution in [2.45, 2.75) is 25.4 Å². The van der Waals surface area contributed by atoms with Crippen molar-refractivity contribution in [1.29, 1.82) is 0 Å². The van der Waals surface area contributed by atoms with Crippen molar-refractivity contribution in [3.8, 4) is 11.4 Å². The fraction of sp³-hybridized carbons (Fsp3) is 0.565. The van der Waals surface area contributed by atoms with E-state index in [1.54, 1.807) is 7.11 Å². The largest absolute Gasteiger partial charge is 0.497 e. The Morgan fingerprint density at radius 3 is 2.78 bits per heavy atom. The van der Waals surface area contributed by atoms with Gasteiger partial charge in [0.15, 0.2) is 0 Å². The lowest BCUT2D eigenvalue weighted by Crippen LogP contribution is -2.51. The van der Waals surface area contributed by atoms with Crippen LogP contribution in [0.1, 0.15) is 12.1 Å². The molecule has 3 aliphatic heterocycles. The van der Waals surface area contributed by atoms with Crippen molar-refractivity contribution in [3.63, 3.8) is 0 Å². The van der Waals surface area contributed by atoms with Gasteiger partial charge in [-0.3, -0.25) is 9.69 Å². The number of hydrogen-bond acceptors (Lipinski definition) is 7. The molecule has 3 aliphatic rings. The van der Waals surface area contributed by atoms with E-state index < -0.39 is 0 Å². The molecule has 172 valence electrons. The van der Waals surface area contributed by atoms with E-state index in [1.807, 2.05) is 46.5 Å². The molecule has 1 aromatic carbocycles. The predicted molar refractivity (Wildman–Crippen MR) is 128 cm³/mol. The number of nitrogens with zero attached hydrogens (tertiary/aromatic N) is 5. The molecule has 2 aromatic rings. The van der Waals surface area contributed by atoms with Gasteiger partial charge >= 0.3 is 0 Å². The van der Waals surface area contributed by atoms with Crippen LogP contribution in [-0.4, -0.2) is 95.6 Å². The van der Waals surface area contributed by atoms with Gasteiger partial charge in [0.05, 0.1) is 30.4 Å². The minimum atomic E-state index is -0.0196. The Balaban J connectivity index is 1.22. The zero-order valence-electron chi connectivity index (χ0n) is 18.9. The maximum atomic E-state index is 12.7. The number of hydrogen-bond donors (Lipinski definition) is 1. The summed E-state index contributed by atoms with van der Waals surface area (Å²) in [6.45, 7) is 7.73. The zero-order valence-corrected chi connectivity index (χ0v) is 19.7. The number of rotatable bonds is 5. The summed E-state index contributed by atoms with van der Waals surface area (Å²) < 4.78 is 7.42. The van der Waals surface area contributed by atoms with Gasteiger partial charge in [0.1, 0.15) is 11.6 Å². The number of nitrogens with one attached hydrogen (secondary N) is 1. The van der Waals surface area contributed by atoms with Gasteiger partial charge in [0.2, 0.25) is 5.91 Å². The first kappa shape index (κ1) is 21.6. The van der Waals surface area contributed by atoms with E-state index in [0.717, 1.165) is 80.3 Å². The minimum Gasteiger partial charge on any atom is -0.497 e. The van der Waals surface area contributed by atoms with Crippen LogP contribution in [0.15, 0.2) is 30.3 Å². The maximum Gasteiger partial charge on any atom is 0.240 e. The van der Waals surface area contributed by atoms with Crippen molar-refractivity contribution in [2.24, 2.45) is 0 Å². The predicted octanol–water partition coefficient (Wildman–Crippen LogP) is 1.57. The highest BCUT2D eigenvalue weighted by atomic mass is 32.2. The third kappa shape index (κ3) is 4.33. The van der Waals surface area contributed by atoms with E-state index in [0.29, 0.717) is 6.04 Å². The molecule has 1 N–H and O–H groups in total. The molecule has 0 spiro atoms. The number of methoxy groups -OCH3 is 1. The fourth-order valence-corrected chi connectivity index (χ4v) is 5.91. The second-order valence-corrected chi connectivity index (χ2v) is 9.84. The van der Waals surface area contributed by atoms with Gasteiger partial charge in [-0.1, -0.05) is 6.07 Å². The summed E-state index contributed by atoms with van der Waals surface area (Å²) >= 11 is 1.85. The Morgan fingerprint density at radius 1 is 1.19 bits per heavy atom. The van der Waals surface area contributed by atoms with Crippen LogP contribution in [0.3, 0.4) is 0 Å². The minimum absolute atomic E-state index is 0.0196. The summed E-state index contributed by atoms with van der Waals surface area (Å²) in [4.78, 5) is 19.7. The zero-order chi connectivity index (χ0) is 22.1. The highest BCUT2D eigenvalue weighted by molar-refractivity contribution is 7.99. The van der Waals surface area contributed by atoms with Gasteiger partial charge in [0, 0.05) is 63.2 Å². The molecular formula is C23H32N6O2S. The van der Waals surface area contributed by atoms with Crippen LogP contribution in [0.4, 0.5) is 5.82 Å². The molecule has 0 aliphatic carbocycles. The van der Waals surface area contributed by atoms with E-state index in [9.17, 15) is 4.79 Å². The van der Waals surface area contributed by atoms with Crippen LogP contribution < -0.4 is 15.0 Å². The van der Waals surface area contributed by atoms with Gasteiger partial charge in [-0.2, -0.15) is 5.10 Å². The molecule has 4 heterocycles. The third-order valence-corrected chi connectivity index (χ3v) is 7.70. The molecule has 2 atom stereocenters. The molecule has 32 heavy (non-hydrogen) atoms. The molecule has 8 nitrogen and oxygen atoms in total. The highest BCUT2D eigenvalue weighted by Crippen LogP contribution is 2.26. The monoisotopic (exact) mass is 456 g/mol. The van der Waals surface area contributed by atoms with Gasteiger partial charge < -0.3 is 19.9 Å². The van der Waals surface area contributed by atoms with Crippen LogP contribution in [-0.2, 0) is 4.79 Å². The van der Waals surface area contributed by atoms with E-state index in [-0.39, 0.29) is 11.9 Å². The molecule has 1 aromatic heterocycles. The lowest BCUT2D eigenvalue weighted by atomic mass is 10.1. The molecule has 3 fully saturated rings. The number of piperazine rings is 1. The quantitative estimate of drug-likeness (QED) is 0.733. The molecule has 5 rings (SSSR count). The number of benzene rings is 1. The number of amides is 1. The third-order valence-electron chi connectivity index (χ3n) is 6.74. The van der Waals surface area contributed by atoms with Crippen molar-refractivity contribution in [2.75, 3.05) is 62.9 Å². The average Bonchev–Trinajstić information content (AvgIpc) is 3.59. The van der Waals surface area contributed by atoms with Crippen molar-refractivity contribution in [3.05, 3.63) is 36.0 Å². The molecule has 0 saturated carbocycles. The van der Waals surface area contributed by atoms with E-state index in [4.69, 9.17) is 9.84 Å². The topological polar surface area (TPSA) is 65.9 Å². The second kappa shape index (κ2) is 9.33. The number of aryl methyl sites for hydroxylation is 1. The van der Waals surface area contributed by atoms with Gasteiger partial charge in [0.25, 0.3) is 0 Å². The number of anilines is 1. The Bertz CT molecular complexity index is 952. The summed E-state index contributed by atoms with van der Waals surface area (Å²) in [5.74, 6) is 4.15. The molecule has 0 bridgehead atoms. The number of carbonyl (C=O) groups excluding carboxylic acids is 1. The number of thioether (sulfide) groups is 1. The maximum absolute atomic E-state index is 12.7. The Morgan fingerprint density at radius 2 is 2.03 bits per heavy atom. The van der Waals surface area contributed by atoms with Gasteiger partial charge in [-0.15, -0.1) is 11.8 Å². The van der Waals surface area contributed by atoms with Crippen molar-refractivity contribution < 1.29 is 9.53 Å². The van der Waals surface area contributed by atoms with Gasteiger partial charge in [-0.25, -0.2) is 4.68 Å². The number of carbonyl (C=O) groups is 1. The van der Waals surface area contributed by atoms with Crippen molar-refractivity contribution >= 4 is 23.5 Å². The Hall–Kier alpha value is -2.23. The lowest BCUT2D eigenvalue weighted by molar-refractivity contribution is -0.131. The summed E-state index contributed by atoms with van der Waals surface area (Å²) in [7, 11) is 1.69. The molecule has 0 radical (unpaired) electrons.